The summed E-state index contributed by atoms with van der Waals surface area (Å²) < 4.78 is 5.14. The van der Waals surface area contributed by atoms with Gasteiger partial charge in [0.05, 0.1) is 6.42 Å². The summed E-state index contributed by atoms with van der Waals surface area (Å²) in [6.07, 6.45) is 1.33. The number of fused-ring (bicyclic) bond motifs is 1. The van der Waals surface area contributed by atoms with Gasteiger partial charge in [0.2, 0.25) is 0 Å². The first-order valence-corrected chi connectivity index (χ1v) is 4.79. The van der Waals surface area contributed by atoms with E-state index in [0.29, 0.717) is 12.3 Å². The highest BCUT2D eigenvalue weighted by Crippen LogP contribution is 2.44. The summed E-state index contributed by atoms with van der Waals surface area (Å²) in [7, 11) is 0. The predicted molar refractivity (Wildman–Crippen MR) is 45.9 cm³/mol. The predicted octanol–water partition coefficient (Wildman–Crippen LogP) is 1.16. The first-order valence-electron chi connectivity index (χ1n) is 4.79. The second kappa shape index (κ2) is 2.82. The maximum Gasteiger partial charge on any atom is 0.306 e. The highest BCUT2D eigenvalue weighted by Gasteiger charge is 2.50. The van der Waals surface area contributed by atoms with E-state index < -0.39 is 0 Å². The molecule has 0 N–H and O–H groups in total. The van der Waals surface area contributed by atoms with Crippen LogP contribution in [0.2, 0.25) is 0 Å². The molecule has 0 radical (unpaired) electrons. The summed E-state index contributed by atoms with van der Waals surface area (Å²) in [6.45, 7) is 3.69. The summed E-state index contributed by atoms with van der Waals surface area (Å²) in [5, 5.41) is 0. The van der Waals surface area contributed by atoms with E-state index in [1.165, 1.54) is 0 Å². The van der Waals surface area contributed by atoms with E-state index in [2.05, 4.69) is 6.92 Å². The molecule has 2 aliphatic rings. The van der Waals surface area contributed by atoms with E-state index in [9.17, 15) is 9.59 Å². The number of ketones is 1. The van der Waals surface area contributed by atoms with Crippen LogP contribution >= 0.6 is 0 Å². The SMILES string of the molecule is CC(=O)C1C(C)CC2OC(=O)CC21. The van der Waals surface area contributed by atoms with E-state index in [0.717, 1.165) is 6.42 Å². The average Bonchev–Trinajstić information content (AvgIpc) is 2.41. The maximum atomic E-state index is 11.3. The van der Waals surface area contributed by atoms with Crippen molar-refractivity contribution < 1.29 is 14.3 Å². The van der Waals surface area contributed by atoms with E-state index in [1.54, 1.807) is 6.92 Å². The second-order valence-corrected chi connectivity index (χ2v) is 4.25. The molecule has 1 aliphatic carbocycles. The molecule has 2 fully saturated rings. The summed E-state index contributed by atoms with van der Waals surface area (Å²) in [5.41, 5.74) is 0. The maximum absolute atomic E-state index is 11.3. The van der Waals surface area contributed by atoms with Crippen molar-refractivity contribution in [3.05, 3.63) is 0 Å². The van der Waals surface area contributed by atoms with Gasteiger partial charge >= 0.3 is 5.97 Å². The normalized spacial score (nSPS) is 43.1. The molecule has 0 aromatic rings. The molecule has 4 unspecified atom stereocenters. The van der Waals surface area contributed by atoms with Crippen LogP contribution in [0.4, 0.5) is 0 Å². The van der Waals surface area contributed by atoms with E-state index in [1.807, 2.05) is 0 Å². The van der Waals surface area contributed by atoms with Gasteiger partial charge in [-0.2, -0.15) is 0 Å². The van der Waals surface area contributed by atoms with Crippen molar-refractivity contribution in [2.24, 2.45) is 17.8 Å². The van der Waals surface area contributed by atoms with E-state index in [-0.39, 0.29) is 29.7 Å². The molecule has 0 aromatic carbocycles. The Morgan fingerprint density at radius 2 is 2.23 bits per heavy atom. The molecule has 1 heterocycles. The van der Waals surface area contributed by atoms with Gasteiger partial charge in [0.15, 0.2) is 0 Å². The molecule has 0 bridgehead atoms. The number of ether oxygens (including phenoxy) is 1. The van der Waals surface area contributed by atoms with Crippen LogP contribution in [-0.4, -0.2) is 17.9 Å². The largest absolute Gasteiger partial charge is 0.462 e. The van der Waals surface area contributed by atoms with Crippen molar-refractivity contribution >= 4 is 11.8 Å². The number of carbonyl (C=O) groups is 2. The Bertz CT molecular complexity index is 259. The lowest BCUT2D eigenvalue weighted by molar-refractivity contribution is -0.141. The Hall–Kier alpha value is -0.860. The number of Topliss-reactive ketones (excluding diaryl/α,β-unsaturated/α-hetero) is 1. The number of carbonyl (C=O) groups excluding carboxylic acids is 2. The molecule has 4 atom stereocenters. The number of hydrogen-bond acceptors (Lipinski definition) is 3. The Balaban J connectivity index is 2.19. The molecule has 72 valence electrons. The fraction of sp³-hybridized carbons (Fsp3) is 0.800. The second-order valence-electron chi connectivity index (χ2n) is 4.25. The van der Waals surface area contributed by atoms with Crippen LogP contribution in [0.15, 0.2) is 0 Å². The first-order chi connectivity index (χ1) is 6.09. The zero-order valence-corrected chi connectivity index (χ0v) is 7.95. The number of rotatable bonds is 1. The molecule has 1 aliphatic heterocycles. The van der Waals surface area contributed by atoms with Crippen LogP contribution in [0.25, 0.3) is 0 Å². The van der Waals surface area contributed by atoms with Crippen LogP contribution < -0.4 is 0 Å². The van der Waals surface area contributed by atoms with Crippen molar-refractivity contribution in [2.75, 3.05) is 0 Å². The van der Waals surface area contributed by atoms with Gasteiger partial charge in [-0.15, -0.1) is 0 Å². The Morgan fingerprint density at radius 3 is 2.85 bits per heavy atom. The van der Waals surface area contributed by atoms with E-state index in [4.69, 9.17) is 4.74 Å². The molecule has 0 amide bonds. The molecule has 3 nitrogen and oxygen atoms in total. The van der Waals surface area contributed by atoms with Crippen molar-refractivity contribution in [3.63, 3.8) is 0 Å². The Kier molecular flexibility index (Phi) is 1.90. The van der Waals surface area contributed by atoms with Crippen molar-refractivity contribution in [1.29, 1.82) is 0 Å². The zero-order chi connectivity index (χ0) is 9.59. The van der Waals surface area contributed by atoms with Gasteiger partial charge in [-0.05, 0) is 19.3 Å². The fourth-order valence-corrected chi connectivity index (χ4v) is 2.85. The lowest BCUT2D eigenvalue weighted by atomic mass is 9.86. The summed E-state index contributed by atoms with van der Waals surface area (Å²) >= 11 is 0. The molecule has 0 spiro atoms. The van der Waals surface area contributed by atoms with Crippen LogP contribution in [0.5, 0.6) is 0 Å². The fourth-order valence-electron chi connectivity index (χ4n) is 2.85. The Labute approximate surface area is 77.4 Å². The van der Waals surface area contributed by atoms with Crippen molar-refractivity contribution in [1.82, 2.24) is 0 Å². The molecule has 1 saturated heterocycles. The summed E-state index contributed by atoms with van der Waals surface area (Å²) in [4.78, 5) is 22.3. The van der Waals surface area contributed by atoms with Crippen LogP contribution in [0.1, 0.15) is 26.7 Å². The molecule has 2 rings (SSSR count). The van der Waals surface area contributed by atoms with Gasteiger partial charge in [0.1, 0.15) is 11.9 Å². The molecule has 13 heavy (non-hydrogen) atoms. The standard InChI is InChI=1S/C10H14O3/c1-5-3-8-7(4-9(12)13-8)10(5)6(2)11/h5,7-8,10H,3-4H2,1-2H3. The van der Waals surface area contributed by atoms with Crippen molar-refractivity contribution in [2.45, 2.75) is 32.8 Å². The minimum atomic E-state index is -0.131. The highest BCUT2D eigenvalue weighted by molar-refractivity contribution is 5.81. The van der Waals surface area contributed by atoms with Crippen LogP contribution in [0.3, 0.4) is 0 Å². The molecular weight excluding hydrogens is 168 g/mol. The number of esters is 1. The summed E-state index contributed by atoms with van der Waals surface area (Å²) in [6, 6.07) is 0. The molecule has 0 aromatic heterocycles. The summed E-state index contributed by atoms with van der Waals surface area (Å²) in [5.74, 6) is 0.670. The lowest BCUT2D eigenvalue weighted by Gasteiger charge is -2.15. The highest BCUT2D eigenvalue weighted by atomic mass is 16.6. The first kappa shape index (κ1) is 8.73. The minimum absolute atomic E-state index is 0.0244. The Morgan fingerprint density at radius 1 is 1.54 bits per heavy atom. The minimum Gasteiger partial charge on any atom is -0.462 e. The van der Waals surface area contributed by atoms with Gasteiger partial charge in [-0.25, -0.2) is 0 Å². The molecule has 1 saturated carbocycles. The zero-order valence-electron chi connectivity index (χ0n) is 7.95. The lowest BCUT2D eigenvalue weighted by Crippen LogP contribution is -2.22. The van der Waals surface area contributed by atoms with Crippen LogP contribution in [0, 0.1) is 17.8 Å². The van der Waals surface area contributed by atoms with E-state index >= 15 is 0 Å². The van der Waals surface area contributed by atoms with Gasteiger partial charge in [0, 0.05) is 11.8 Å². The molecule has 3 heteroatoms. The van der Waals surface area contributed by atoms with Gasteiger partial charge < -0.3 is 4.74 Å². The van der Waals surface area contributed by atoms with Crippen molar-refractivity contribution in [3.8, 4) is 0 Å². The number of hydrogen-bond donors (Lipinski definition) is 0. The topological polar surface area (TPSA) is 43.4 Å². The monoisotopic (exact) mass is 182 g/mol. The third-order valence-corrected chi connectivity index (χ3v) is 3.31. The average molecular weight is 182 g/mol. The smallest absolute Gasteiger partial charge is 0.306 e. The quantitative estimate of drug-likeness (QED) is 0.571. The third-order valence-electron chi connectivity index (χ3n) is 3.31. The van der Waals surface area contributed by atoms with Gasteiger partial charge in [-0.1, -0.05) is 6.92 Å². The molecular formula is C10H14O3. The third kappa shape index (κ3) is 1.26. The van der Waals surface area contributed by atoms with Gasteiger partial charge in [-0.3, -0.25) is 9.59 Å². The van der Waals surface area contributed by atoms with Gasteiger partial charge in [0.25, 0.3) is 0 Å². The van der Waals surface area contributed by atoms with Crippen LogP contribution in [-0.2, 0) is 14.3 Å².